The number of ether oxygens (including phenoxy) is 2. The Morgan fingerprint density at radius 2 is 2.04 bits per heavy atom. The van der Waals surface area contributed by atoms with E-state index in [0.29, 0.717) is 17.3 Å². The molecule has 0 N–H and O–H groups in total. The van der Waals surface area contributed by atoms with Gasteiger partial charge in [-0.05, 0) is 42.7 Å². The zero-order valence-electron chi connectivity index (χ0n) is 15.2. The van der Waals surface area contributed by atoms with Gasteiger partial charge in [-0.25, -0.2) is 4.79 Å². The normalized spacial score (nSPS) is 13.3. The van der Waals surface area contributed by atoms with Crippen LogP contribution < -0.4 is 9.64 Å². The lowest BCUT2D eigenvalue weighted by atomic mass is 10.0. The highest BCUT2D eigenvalue weighted by Gasteiger charge is 2.25. The summed E-state index contributed by atoms with van der Waals surface area (Å²) in [4.78, 5) is 27.1. The van der Waals surface area contributed by atoms with Crippen molar-refractivity contribution < 1.29 is 19.1 Å². The van der Waals surface area contributed by atoms with Gasteiger partial charge in [-0.15, -0.1) is 11.3 Å². The Hall–Kier alpha value is -2.57. The molecule has 0 saturated carbocycles. The lowest BCUT2D eigenvalue weighted by Crippen LogP contribution is -2.38. The molecule has 1 amide bonds. The van der Waals surface area contributed by atoms with E-state index in [0.717, 1.165) is 34.2 Å². The fourth-order valence-electron chi connectivity index (χ4n) is 3.37. The van der Waals surface area contributed by atoms with Crippen molar-refractivity contribution >= 4 is 50.6 Å². The summed E-state index contributed by atoms with van der Waals surface area (Å²) in [7, 11) is 1.58. The molecule has 0 unspecified atom stereocenters. The second-order valence-corrected chi connectivity index (χ2v) is 7.89. The lowest BCUT2D eigenvalue weighted by molar-refractivity contribution is -0.121. The van der Waals surface area contributed by atoms with Crippen LogP contribution in [-0.2, 0) is 16.0 Å². The molecule has 1 aromatic heterocycles. The topological polar surface area (TPSA) is 55.8 Å². The van der Waals surface area contributed by atoms with Crippen LogP contribution in [0.1, 0.15) is 21.7 Å². The molecule has 4 rings (SSSR count). The number of hydrogen-bond acceptors (Lipinski definition) is 5. The van der Waals surface area contributed by atoms with E-state index in [4.69, 9.17) is 21.1 Å². The Kier molecular flexibility index (Phi) is 5.24. The van der Waals surface area contributed by atoms with E-state index in [-0.39, 0.29) is 17.4 Å². The highest BCUT2D eigenvalue weighted by atomic mass is 35.5. The van der Waals surface area contributed by atoms with Crippen LogP contribution in [0, 0.1) is 0 Å². The number of amides is 1. The van der Waals surface area contributed by atoms with Gasteiger partial charge in [0.05, 0.1) is 12.1 Å². The first kappa shape index (κ1) is 18.8. The number of esters is 1. The molecule has 1 aliphatic heterocycles. The molecule has 0 radical (unpaired) electrons. The van der Waals surface area contributed by atoms with Crippen molar-refractivity contribution in [3.8, 4) is 5.75 Å². The summed E-state index contributed by atoms with van der Waals surface area (Å²) in [6.45, 7) is 0.303. The minimum Gasteiger partial charge on any atom is -0.497 e. The second-order valence-electron chi connectivity index (χ2n) is 6.46. The van der Waals surface area contributed by atoms with Crippen LogP contribution in [-0.4, -0.2) is 32.1 Å². The largest absolute Gasteiger partial charge is 0.497 e. The molecule has 5 nitrogen and oxygen atoms in total. The van der Waals surface area contributed by atoms with Crippen LogP contribution in [0.4, 0.5) is 5.69 Å². The van der Waals surface area contributed by atoms with Crippen molar-refractivity contribution in [2.45, 2.75) is 12.8 Å². The summed E-state index contributed by atoms with van der Waals surface area (Å²) in [6, 6.07) is 13.2. The molecule has 0 saturated heterocycles. The number of para-hydroxylation sites is 1. The minimum atomic E-state index is -0.594. The zero-order valence-corrected chi connectivity index (χ0v) is 16.8. The molecule has 1 aliphatic rings. The Labute approximate surface area is 171 Å². The van der Waals surface area contributed by atoms with Crippen LogP contribution in [0.3, 0.4) is 0 Å². The Morgan fingerprint density at radius 3 is 2.86 bits per heavy atom. The SMILES string of the molecule is COc1ccc2c(Cl)c(C(=O)OCC(=O)N3CCCc4ccccc43)sc2c1. The van der Waals surface area contributed by atoms with E-state index in [1.54, 1.807) is 24.1 Å². The van der Waals surface area contributed by atoms with Crippen molar-refractivity contribution in [1.82, 2.24) is 0 Å². The minimum absolute atomic E-state index is 0.237. The zero-order chi connectivity index (χ0) is 19.7. The van der Waals surface area contributed by atoms with Crippen molar-refractivity contribution in [3.05, 3.63) is 57.9 Å². The van der Waals surface area contributed by atoms with Crippen molar-refractivity contribution in [1.29, 1.82) is 0 Å². The fraction of sp³-hybridized carbons (Fsp3) is 0.238. The maximum Gasteiger partial charge on any atom is 0.350 e. The first-order valence-corrected chi connectivity index (χ1v) is 10.1. The van der Waals surface area contributed by atoms with E-state index in [1.807, 2.05) is 30.3 Å². The number of halogens is 1. The van der Waals surface area contributed by atoms with E-state index < -0.39 is 5.97 Å². The first-order valence-electron chi connectivity index (χ1n) is 8.90. The third-order valence-corrected chi connectivity index (χ3v) is 6.40. The molecular weight excluding hydrogens is 398 g/mol. The van der Waals surface area contributed by atoms with Crippen LogP contribution in [0.5, 0.6) is 5.75 Å². The summed E-state index contributed by atoms with van der Waals surface area (Å²) in [5.74, 6) is -0.146. The van der Waals surface area contributed by atoms with Gasteiger partial charge < -0.3 is 14.4 Å². The molecule has 2 heterocycles. The number of anilines is 1. The molecular formula is C21H18ClNO4S. The van der Waals surface area contributed by atoms with Crippen molar-refractivity contribution in [3.63, 3.8) is 0 Å². The fourth-order valence-corrected chi connectivity index (χ4v) is 4.80. The number of rotatable bonds is 4. The first-order chi connectivity index (χ1) is 13.6. The summed E-state index contributed by atoms with van der Waals surface area (Å²) >= 11 is 7.58. The average Bonchev–Trinajstić information content (AvgIpc) is 3.07. The maximum atomic E-state index is 12.6. The van der Waals surface area contributed by atoms with E-state index in [1.165, 1.54) is 11.3 Å². The van der Waals surface area contributed by atoms with E-state index >= 15 is 0 Å². The molecule has 144 valence electrons. The van der Waals surface area contributed by atoms with E-state index in [2.05, 4.69) is 0 Å². The van der Waals surface area contributed by atoms with Crippen LogP contribution >= 0.6 is 22.9 Å². The van der Waals surface area contributed by atoms with Gasteiger partial charge in [0.25, 0.3) is 5.91 Å². The van der Waals surface area contributed by atoms with Gasteiger partial charge in [0.1, 0.15) is 10.6 Å². The van der Waals surface area contributed by atoms with Crippen LogP contribution in [0.15, 0.2) is 42.5 Å². The molecule has 0 aliphatic carbocycles. The molecule has 2 aromatic carbocycles. The molecule has 0 spiro atoms. The summed E-state index contributed by atoms with van der Waals surface area (Å²) in [5, 5.41) is 1.10. The van der Waals surface area contributed by atoms with Crippen LogP contribution in [0.2, 0.25) is 5.02 Å². The summed E-state index contributed by atoms with van der Waals surface area (Å²) in [6.07, 6.45) is 1.83. The number of carbonyl (C=O) groups excluding carboxylic acids is 2. The number of fused-ring (bicyclic) bond motifs is 2. The number of methoxy groups -OCH3 is 1. The average molecular weight is 416 g/mol. The molecule has 7 heteroatoms. The van der Waals surface area contributed by atoms with Crippen molar-refractivity contribution in [2.75, 3.05) is 25.2 Å². The van der Waals surface area contributed by atoms with Gasteiger partial charge in [-0.2, -0.15) is 0 Å². The van der Waals surface area contributed by atoms with E-state index in [9.17, 15) is 9.59 Å². The Bertz CT molecular complexity index is 1060. The maximum absolute atomic E-state index is 12.6. The van der Waals surface area contributed by atoms with Gasteiger partial charge in [0.2, 0.25) is 0 Å². The Balaban J connectivity index is 1.48. The molecule has 0 atom stereocenters. The predicted octanol–water partition coefficient (Wildman–Crippen LogP) is 4.70. The molecule has 3 aromatic rings. The van der Waals surface area contributed by atoms with Gasteiger partial charge >= 0.3 is 5.97 Å². The van der Waals surface area contributed by atoms with Gasteiger partial charge in [-0.1, -0.05) is 29.8 Å². The number of nitrogens with zero attached hydrogens (tertiary/aromatic N) is 1. The highest BCUT2D eigenvalue weighted by molar-refractivity contribution is 7.21. The predicted molar refractivity (Wildman–Crippen MR) is 111 cm³/mol. The third kappa shape index (κ3) is 3.45. The number of thiophene rings is 1. The summed E-state index contributed by atoms with van der Waals surface area (Å²) in [5.41, 5.74) is 2.02. The standard InChI is InChI=1S/C21H18ClNO4S/c1-26-14-8-9-15-17(11-14)28-20(19(15)22)21(25)27-12-18(24)23-10-4-6-13-5-2-3-7-16(13)23/h2-3,5,7-9,11H,4,6,10,12H2,1H3. The molecule has 28 heavy (non-hydrogen) atoms. The molecule has 0 bridgehead atoms. The van der Waals surface area contributed by atoms with Gasteiger partial charge in [0, 0.05) is 22.3 Å². The van der Waals surface area contributed by atoms with Gasteiger partial charge in [0.15, 0.2) is 6.61 Å². The molecule has 0 fully saturated rings. The number of benzene rings is 2. The quantitative estimate of drug-likeness (QED) is 0.579. The number of carbonyl (C=O) groups is 2. The Morgan fingerprint density at radius 1 is 1.21 bits per heavy atom. The monoisotopic (exact) mass is 415 g/mol. The lowest BCUT2D eigenvalue weighted by Gasteiger charge is -2.29. The van der Waals surface area contributed by atoms with Gasteiger partial charge in [-0.3, -0.25) is 4.79 Å². The number of aryl methyl sites for hydroxylation is 1. The number of hydrogen-bond donors (Lipinski definition) is 0. The van der Waals surface area contributed by atoms with Crippen LogP contribution in [0.25, 0.3) is 10.1 Å². The second kappa shape index (κ2) is 7.81. The van der Waals surface area contributed by atoms with Crippen molar-refractivity contribution in [2.24, 2.45) is 0 Å². The summed E-state index contributed by atoms with van der Waals surface area (Å²) < 4.78 is 11.3. The highest BCUT2D eigenvalue weighted by Crippen LogP contribution is 2.37. The third-order valence-electron chi connectivity index (χ3n) is 4.76. The smallest absolute Gasteiger partial charge is 0.350 e.